The number of nitrogens with zero attached hydrogens (tertiary/aromatic N) is 2. The minimum Gasteiger partial charge on any atom is -0.468 e. The summed E-state index contributed by atoms with van der Waals surface area (Å²) in [6.07, 6.45) is 1.79. The van der Waals surface area contributed by atoms with Gasteiger partial charge in [0.25, 0.3) is 0 Å². The molecule has 1 N–H and O–H groups in total. The Bertz CT molecular complexity index is 976. The van der Waals surface area contributed by atoms with Gasteiger partial charge in [0.2, 0.25) is 0 Å². The Balaban J connectivity index is 0.000000501. The molecule has 4 aromatic rings. The second-order valence-electron chi connectivity index (χ2n) is 7.19. The molecule has 3 aromatic carbocycles. The third kappa shape index (κ3) is 5.97. The van der Waals surface area contributed by atoms with E-state index in [1.165, 1.54) is 7.11 Å². The average Bonchev–Trinajstić information content (AvgIpc) is 3.55. The Morgan fingerprint density at radius 2 is 1.71 bits per heavy atom. The molecule has 6 heteroatoms. The molecule has 0 bridgehead atoms. The first kappa shape index (κ1) is 24.2. The van der Waals surface area contributed by atoms with Gasteiger partial charge in [0, 0.05) is 11.8 Å². The van der Waals surface area contributed by atoms with E-state index in [9.17, 15) is 4.79 Å². The maximum Gasteiger partial charge on any atom is 2.00 e. The number of aromatic nitrogens is 2. The van der Waals surface area contributed by atoms with E-state index in [0.717, 1.165) is 22.6 Å². The first-order valence-electron chi connectivity index (χ1n) is 9.97. The second-order valence-corrected chi connectivity index (χ2v) is 7.19. The largest absolute Gasteiger partial charge is 2.00 e. The molecule has 0 saturated heterocycles. The molecule has 1 atom stereocenters. The molecule has 0 aliphatic heterocycles. The van der Waals surface area contributed by atoms with Gasteiger partial charge in [0.05, 0.1) is 12.9 Å². The molecule has 0 aliphatic rings. The SMILES string of the molecule is COC(=O)[C@H](C(C)C)N(c1[nH]ncc1-c1ccccc1)[c-]1cccc1.[Fe+2].c1cc[cH-]c1. The summed E-state index contributed by atoms with van der Waals surface area (Å²) in [7, 11) is 1.42. The molecule has 4 rings (SSSR count). The van der Waals surface area contributed by atoms with E-state index < -0.39 is 6.04 Å². The number of hydrogen-bond acceptors (Lipinski definition) is 4. The van der Waals surface area contributed by atoms with Crippen molar-refractivity contribution in [2.75, 3.05) is 12.0 Å². The number of benzene rings is 1. The molecule has 1 aromatic heterocycles. The Morgan fingerprint density at radius 3 is 2.23 bits per heavy atom. The first-order valence-corrected chi connectivity index (χ1v) is 9.97. The number of carbonyl (C=O) groups excluding carboxylic acids is 1. The zero-order valence-corrected chi connectivity index (χ0v) is 19.0. The first-order chi connectivity index (χ1) is 14.6. The monoisotopic (exact) mass is 457 g/mol. The Kier molecular flexibility index (Phi) is 9.32. The van der Waals surface area contributed by atoms with E-state index in [2.05, 4.69) is 10.2 Å². The van der Waals surface area contributed by atoms with E-state index in [0.29, 0.717) is 0 Å². The number of esters is 1. The normalized spacial score (nSPS) is 11.1. The predicted molar refractivity (Wildman–Crippen MR) is 121 cm³/mol. The van der Waals surface area contributed by atoms with E-state index >= 15 is 0 Å². The smallest absolute Gasteiger partial charge is 0.468 e. The summed E-state index contributed by atoms with van der Waals surface area (Å²) in [5.41, 5.74) is 2.90. The molecule has 162 valence electrons. The van der Waals surface area contributed by atoms with Gasteiger partial charge in [-0.1, -0.05) is 44.2 Å². The summed E-state index contributed by atoms with van der Waals surface area (Å²) in [6, 6.07) is 27.4. The van der Waals surface area contributed by atoms with Crippen molar-refractivity contribution in [3.05, 3.63) is 91.1 Å². The molecule has 31 heavy (non-hydrogen) atoms. The number of aromatic amines is 1. The van der Waals surface area contributed by atoms with Gasteiger partial charge in [0.1, 0.15) is 6.04 Å². The summed E-state index contributed by atoms with van der Waals surface area (Å²) in [4.78, 5) is 14.5. The number of rotatable bonds is 6. The number of nitrogens with one attached hydrogen (secondary N) is 1. The van der Waals surface area contributed by atoms with Crippen molar-refractivity contribution in [2.45, 2.75) is 19.9 Å². The van der Waals surface area contributed by atoms with Crippen LogP contribution in [0.25, 0.3) is 11.1 Å². The Hall–Kier alpha value is -3.08. The van der Waals surface area contributed by atoms with E-state index in [4.69, 9.17) is 4.74 Å². The molecule has 0 aliphatic carbocycles. The molecule has 0 fully saturated rings. The molecule has 1 heterocycles. The van der Waals surface area contributed by atoms with Crippen molar-refractivity contribution >= 4 is 17.5 Å². The van der Waals surface area contributed by atoms with Crippen LogP contribution in [0.4, 0.5) is 11.5 Å². The standard InChI is InChI=1S/C20H22N3O2.C5H5.Fe/c1-14(2)18(20(24)25-3)23(16-11-7-8-12-16)19-17(13-21-22-19)15-9-5-4-6-10-15;1-2-4-5-3-1;/h4-14,18H,1-3H3,(H,21,22);1-5H;/q2*-1;+2/t18-;;/m0../s1. The van der Waals surface area contributed by atoms with Crippen molar-refractivity contribution in [1.82, 2.24) is 10.2 Å². The van der Waals surface area contributed by atoms with Gasteiger partial charge in [-0.15, -0.1) is 12.1 Å². The maximum absolute atomic E-state index is 12.5. The van der Waals surface area contributed by atoms with Crippen LogP contribution in [0.15, 0.2) is 91.1 Å². The van der Waals surface area contributed by atoms with E-state index in [1.54, 1.807) is 6.20 Å². The fourth-order valence-corrected chi connectivity index (χ4v) is 3.36. The van der Waals surface area contributed by atoms with Gasteiger partial charge >= 0.3 is 23.0 Å². The van der Waals surface area contributed by atoms with Crippen LogP contribution >= 0.6 is 0 Å². The van der Waals surface area contributed by atoms with Gasteiger partial charge < -0.3 is 14.7 Å². The summed E-state index contributed by atoms with van der Waals surface area (Å²) in [5.74, 6) is 0.556. The summed E-state index contributed by atoms with van der Waals surface area (Å²) in [5, 5.41) is 7.31. The molecule has 0 spiro atoms. The van der Waals surface area contributed by atoms with Crippen LogP contribution < -0.4 is 4.90 Å². The van der Waals surface area contributed by atoms with Crippen molar-refractivity contribution < 1.29 is 26.6 Å². The van der Waals surface area contributed by atoms with Crippen LogP contribution in [0.5, 0.6) is 0 Å². The van der Waals surface area contributed by atoms with Crippen LogP contribution in [0.3, 0.4) is 0 Å². The fourth-order valence-electron chi connectivity index (χ4n) is 3.36. The van der Waals surface area contributed by atoms with Crippen molar-refractivity contribution in [3.63, 3.8) is 0 Å². The minimum absolute atomic E-state index is 0. The Labute approximate surface area is 194 Å². The van der Waals surface area contributed by atoms with Gasteiger partial charge in [0.15, 0.2) is 0 Å². The minimum atomic E-state index is -0.463. The fraction of sp³-hybridized carbons (Fsp3) is 0.200. The third-order valence-corrected chi connectivity index (χ3v) is 4.78. The number of H-pyrrole nitrogens is 1. The van der Waals surface area contributed by atoms with Gasteiger partial charge in [-0.2, -0.15) is 35.4 Å². The molecule has 0 unspecified atom stereocenters. The van der Waals surface area contributed by atoms with Crippen molar-refractivity contribution in [2.24, 2.45) is 5.92 Å². The van der Waals surface area contributed by atoms with Gasteiger partial charge in [-0.25, -0.2) is 16.9 Å². The van der Waals surface area contributed by atoms with Crippen LogP contribution in [0.2, 0.25) is 0 Å². The Morgan fingerprint density at radius 1 is 1.06 bits per heavy atom. The van der Waals surface area contributed by atoms with Gasteiger partial charge in [-0.3, -0.25) is 0 Å². The van der Waals surface area contributed by atoms with E-state index in [-0.39, 0.29) is 29.0 Å². The summed E-state index contributed by atoms with van der Waals surface area (Å²) in [6.45, 7) is 4.02. The number of methoxy groups -OCH3 is 1. The van der Waals surface area contributed by atoms with Crippen LogP contribution in [-0.4, -0.2) is 29.3 Å². The number of ether oxygens (including phenoxy) is 1. The zero-order valence-electron chi connectivity index (χ0n) is 17.9. The maximum atomic E-state index is 12.5. The molecule has 0 amide bonds. The second kappa shape index (κ2) is 11.9. The van der Waals surface area contributed by atoms with Crippen LogP contribution in [0.1, 0.15) is 13.8 Å². The molecule has 5 nitrogen and oxygen atoms in total. The zero-order chi connectivity index (χ0) is 21.3. The predicted octanol–water partition coefficient (Wildman–Crippen LogP) is 5.53. The summed E-state index contributed by atoms with van der Waals surface area (Å²) < 4.78 is 5.08. The molecule has 0 saturated carbocycles. The van der Waals surface area contributed by atoms with Crippen LogP contribution in [0, 0.1) is 5.92 Å². The number of carbonyl (C=O) groups is 1. The van der Waals surface area contributed by atoms with Gasteiger partial charge in [-0.05, 0) is 17.2 Å². The van der Waals surface area contributed by atoms with E-state index in [1.807, 2.05) is 104 Å². The quantitative estimate of drug-likeness (QED) is 0.235. The molecular weight excluding hydrogens is 430 g/mol. The average molecular weight is 457 g/mol. The topological polar surface area (TPSA) is 58.2 Å². The number of anilines is 2. The molecule has 0 radical (unpaired) electrons. The number of hydrogen-bond donors (Lipinski definition) is 1. The van der Waals surface area contributed by atoms with Crippen molar-refractivity contribution in [1.29, 1.82) is 0 Å². The van der Waals surface area contributed by atoms with Crippen molar-refractivity contribution in [3.8, 4) is 11.1 Å². The molecular formula is C25H27FeN3O2. The van der Waals surface area contributed by atoms with Crippen LogP contribution in [-0.2, 0) is 26.6 Å². The third-order valence-electron chi connectivity index (χ3n) is 4.78. The summed E-state index contributed by atoms with van der Waals surface area (Å²) >= 11 is 0.